The van der Waals surface area contributed by atoms with Gasteiger partial charge in [-0.15, -0.1) is 0 Å². The Hall–Kier alpha value is -3.39. The van der Waals surface area contributed by atoms with E-state index in [0.29, 0.717) is 28.6 Å². The van der Waals surface area contributed by atoms with E-state index in [1.807, 2.05) is 30.0 Å². The van der Waals surface area contributed by atoms with Gasteiger partial charge in [-0.05, 0) is 62.2 Å². The Labute approximate surface area is 209 Å². The quantitative estimate of drug-likeness (QED) is 0.469. The molecule has 1 fully saturated rings. The number of nitrogens with one attached hydrogen (secondary N) is 1. The number of anilines is 2. The number of nitrogens with two attached hydrogens (primary N) is 1. The Morgan fingerprint density at radius 3 is 2.49 bits per heavy atom. The number of carbonyl (C=O) groups is 3. The molecule has 0 spiro atoms. The smallest absolute Gasteiger partial charge is 0.257 e. The molecule has 3 amide bonds. The maximum absolute atomic E-state index is 13.2. The first-order valence-corrected chi connectivity index (χ1v) is 12.4. The van der Waals surface area contributed by atoms with Gasteiger partial charge in [0.15, 0.2) is 0 Å². The highest BCUT2D eigenvalue weighted by atomic mass is 35.5. The molecule has 1 aliphatic rings. The Morgan fingerprint density at radius 2 is 1.83 bits per heavy atom. The second-order valence-corrected chi connectivity index (χ2v) is 9.29. The molecule has 1 heterocycles. The summed E-state index contributed by atoms with van der Waals surface area (Å²) in [7, 11) is 0. The molecule has 1 aliphatic carbocycles. The van der Waals surface area contributed by atoms with Crippen LogP contribution in [0.3, 0.4) is 0 Å². The first kappa shape index (κ1) is 24.7. The maximum atomic E-state index is 13.2. The molecule has 0 radical (unpaired) electrons. The van der Waals surface area contributed by atoms with Gasteiger partial charge in [0, 0.05) is 41.7 Å². The summed E-state index contributed by atoms with van der Waals surface area (Å²) < 4.78 is 1.76. The number of aromatic nitrogens is 2. The lowest BCUT2D eigenvalue weighted by atomic mass is 9.88. The van der Waals surface area contributed by atoms with Gasteiger partial charge in [0.1, 0.15) is 0 Å². The summed E-state index contributed by atoms with van der Waals surface area (Å²) in [5.74, 6) is -0.286. The molecule has 0 aliphatic heterocycles. The molecule has 0 unspecified atom stereocenters. The highest BCUT2D eigenvalue weighted by molar-refractivity contribution is 6.30. The van der Waals surface area contributed by atoms with E-state index in [-0.39, 0.29) is 30.7 Å². The lowest BCUT2D eigenvalue weighted by Gasteiger charge is -2.28. The summed E-state index contributed by atoms with van der Waals surface area (Å²) in [6.45, 7) is 2.79. The zero-order valence-corrected chi connectivity index (χ0v) is 20.6. The molecule has 184 valence electrons. The molecule has 35 heavy (non-hydrogen) atoms. The van der Waals surface area contributed by atoms with Crippen LogP contribution in [0.25, 0.3) is 11.0 Å². The van der Waals surface area contributed by atoms with E-state index in [1.165, 1.54) is 6.42 Å². The van der Waals surface area contributed by atoms with E-state index >= 15 is 0 Å². The van der Waals surface area contributed by atoms with Crippen molar-refractivity contribution in [1.29, 1.82) is 0 Å². The van der Waals surface area contributed by atoms with Crippen LogP contribution in [0.15, 0.2) is 42.5 Å². The minimum Gasteiger partial charge on any atom is -0.370 e. The number of hydrogen-bond acceptors (Lipinski definition) is 4. The van der Waals surface area contributed by atoms with Crippen LogP contribution in [0.2, 0.25) is 5.02 Å². The number of benzene rings is 2. The van der Waals surface area contributed by atoms with Gasteiger partial charge in [-0.2, -0.15) is 0 Å². The van der Waals surface area contributed by atoms with Crippen LogP contribution in [-0.2, 0) is 16.1 Å². The van der Waals surface area contributed by atoms with Crippen molar-refractivity contribution in [3.8, 4) is 0 Å². The second kappa shape index (κ2) is 10.9. The molecule has 4 rings (SSSR count). The molecule has 3 N–H and O–H groups in total. The van der Waals surface area contributed by atoms with Gasteiger partial charge >= 0.3 is 0 Å². The van der Waals surface area contributed by atoms with E-state index in [9.17, 15) is 14.4 Å². The fraction of sp³-hybridized carbons (Fsp3) is 0.385. The highest BCUT2D eigenvalue weighted by Gasteiger charge is 2.26. The molecule has 1 aromatic heterocycles. The van der Waals surface area contributed by atoms with Crippen LogP contribution in [0.1, 0.15) is 55.8 Å². The van der Waals surface area contributed by atoms with Crippen LogP contribution in [0, 0.1) is 5.92 Å². The minimum atomic E-state index is -0.450. The number of imidazole rings is 1. The number of hydrogen-bond donors (Lipinski definition) is 2. The van der Waals surface area contributed by atoms with Crippen molar-refractivity contribution in [3.63, 3.8) is 0 Å². The third kappa shape index (κ3) is 5.65. The molecule has 0 saturated heterocycles. The van der Waals surface area contributed by atoms with Crippen molar-refractivity contribution in [2.75, 3.05) is 16.8 Å². The maximum Gasteiger partial charge on any atom is 0.257 e. The summed E-state index contributed by atoms with van der Waals surface area (Å²) in [5, 5.41) is 3.37. The minimum absolute atomic E-state index is 0.0572. The molecule has 0 atom stereocenters. The number of carbonyl (C=O) groups excluding carboxylic acids is 3. The van der Waals surface area contributed by atoms with Gasteiger partial charge in [-0.3, -0.25) is 19.7 Å². The van der Waals surface area contributed by atoms with Crippen LogP contribution < -0.4 is 16.0 Å². The molecular formula is C26H30ClN5O3. The molecule has 0 bridgehead atoms. The van der Waals surface area contributed by atoms with Crippen LogP contribution in [0.5, 0.6) is 0 Å². The van der Waals surface area contributed by atoms with Gasteiger partial charge in [0.25, 0.3) is 5.91 Å². The number of fused-ring (bicyclic) bond motifs is 1. The summed E-state index contributed by atoms with van der Waals surface area (Å²) in [6.07, 6.45) is 5.33. The zero-order valence-electron chi connectivity index (χ0n) is 19.8. The topological polar surface area (TPSA) is 110 Å². The third-order valence-electron chi connectivity index (χ3n) is 6.49. The molecule has 9 heteroatoms. The van der Waals surface area contributed by atoms with Crippen LogP contribution >= 0.6 is 11.6 Å². The monoisotopic (exact) mass is 495 g/mol. The first-order valence-electron chi connectivity index (χ1n) is 12.0. The van der Waals surface area contributed by atoms with Gasteiger partial charge < -0.3 is 15.2 Å². The van der Waals surface area contributed by atoms with Crippen LogP contribution in [-0.4, -0.2) is 33.8 Å². The third-order valence-corrected chi connectivity index (χ3v) is 6.75. The molecule has 2 aromatic carbocycles. The van der Waals surface area contributed by atoms with E-state index in [1.54, 1.807) is 28.8 Å². The van der Waals surface area contributed by atoms with Gasteiger partial charge in [0.2, 0.25) is 17.8 Å². The number of nitrogens with zero attached hydrogens (tertiary/aromatic N) is 3. The fourth-order valence-electron chi connectivity index (χ4n) is 4.64. The van der Waals surface area contributed by atoms with Crippen molar-refractivity contribution in [1.82, 2.24) is 9.55 Å². The van der Waals surface area contributed by atoms with Crippen LogP contribution in [0.4, 0.5) is 11.6 Å². The largest absolute Gasteiger partial charge is 0.370 e. The standard InChI is InChI=1S/C26H30ClN5O3/c1-2-31(25(35)18-6-4-3-5-7-18)20-12-13-22-21(16-20)29-26(32(22)15-14-23(28)33)30-24(34)17-8-10-19(27)11-9-17/h8-13,16,18H,2-7,14-15H2,1H3,(H2,28,33)(H,29,30,34). The Balaban J connectivity index is 1.66. The van der Waals surface area contributed by atoms with Gasteiger partial charge in [-0.1, -0.05) is 30.9 Å². The van der Waals surface area contributed by atoms with E-state index in [0.717, 1.165) is 36.9 Å². The zero-order chi connectivity index (χ0) is 24.9. The van der Waals surface area contributed by atoms with Crippen molar-refractivity contribution >= 4 is 52.0 Å². The summed E-state index contributed by atoms with van der Waals surface area (Å²) in [5.41, 5.74) is 7.93. The van der Waals surface area contributed by atoms with E-state index in [2.05, 4.69) is 10.3 Å². The lowest BCUT2D eigenvalue weighted by molar-refractivity contribution is -0.123. The Morgan fingerprint density at radius 1 is 1.11 bits per heavy atom. The number of primary amides is 1. The van der Waals surface area contributed by atoms with E-state index < -0.39 is 5.91 Å². The average Bonchev–Trinajstić information content (AvgIpc) is 3.20. The normalized spacial score (nSPS) is 14.1. The van der Waals surface area contributed by atoms with Gasteiger partial charge in [-0.25, -0.2) is 4.98 Å². The number of halogens is 1. The Kier molecular flexibility index (Phi) is 7.70. The highest BCUT2D eigenvalue weighted by Crippen LogP contribution is 2.30. The van der Waals surface area contributed by atoms with Crippen molar-refractivity contribution < 1.29 is 14.4 Å². The van der Waals surface area contributed by atoms with Gasteiger partial charge in [0.05, 0.1) is 11.0 Å². The number of amides is 3. The molecule has 8 nitrogen and oxygen atoms in total. The average molecular weight is 496 g/mol. The second-order valence-electron chi connectivity index (χ2n) is 8.85. The van der Waals surface area contributed by atoms with E-state index in [4.69, 9.17) is 17.3 Å². The first-order chi connectivity index (χ1) is 16.9. The summed E-state index contributed by atoms with van der Waals surface area (Å²) in [6, 6.07) is 12.2. The fourth-order valence-corrected chi connectivity index (χ4v) is 4.77. The number of aryl methyl sites for hydroxylation is 1. The summed E-state index contributed by atoms with van der Waals surface area (Å²) in [4.78, 5) is 44.0. The predicted octanol–water partition coefficient (Wildman–Crippen LogP) is 4.75. The lowest BCUT2D eigenvalue weighted by Crippen LogP contribution is -2.37. The SMILES string of the molecule is CCN(C(=O)C1CCCCC1)c1ccc2c(c1)nc(NC(=O)c1ccc(Cl)cc1)n2CCC(N)=O. The van der Waals surface area contributed by atoms with Crippen molar-refractivity contribution in [3.05, 3.63) is 53.1 Å². The molecule has 3 aromatic rings. The predicted molar refractivity (Wildman–Crippen MR) is 138 cm³/mol. The Bertz CT molecular complexity index is 1230. The molecular weight excluding hydrogens is 466 g/mol. The van der Waals surface area contributed by atoms with Crippen molar-refractivity contribution in [2.45, 2.75) is 52.0 Å². The number of rotatable bonds is 8. The van der Waals surface area contributed by atoms with Crippen molar-refractivity contribution in [2.24, 2.45) is 11.7 Å². The molecule has 1 saturated carbocycles. The summed E-state index contributed by atoms with van der Waals surface area (Å²) >= 11 is 5.93.